The molecule has 5 heteroatoms. The zero-order chi connectivity index (χ0) is 42.1. The first kappa shape index (κ1) is 55.1. The van der Waals surface area contributed by atoms with E-state index in [1.54, 1.807) is 0 Å². The quantitative estimate of drug-likeness (QED) is 0.0349. The molecule has 0 N–H and O–H groups in total. The third-order valence-electron chi connectivity index (χ3n) is 9.93. The second-order valence-electron chi connectivity index (χ2n) is 15.6. The van der Waals surface area contributed by atoms with Crippen LogP contribution < -0.4 is 0 Å². The molecule has 0 heterocycles. The molecule has 332 valence electrons. The van der Waals surface area contributed by atoms with Crippen molar-refractivity contribution in [2.45, 2.75) is 219 Å². The summed E-state index contributed by atoms with van der Waals surface area (Å²) in [5.41, 5.74) is 0. The summed E-state index contributed by atoms with van der Waals surface area (Å²) in [5.74, 6) is -0.507. The van der Waals surface area contributed by atoms with Crippen LogP contribution in [0, 0.1) is 0 Å². The van der Waals surface area contributed by atoms with Gasteiger partial charge in [-0.1, -0.05) is 202 Å². The smallest absolute Gasteiger partial charge is 0.306 e. The lowest BCUT2D eigenvalue weighted by atomic mass is 10.1. The zero-order valence-corrected chi connectivity index (χ0v) is 38.0. The van der Waals surface area contributed by atoms with Crippen molar-refractivity contribution in [3.63, 3.8) is 0 Å². The van der Waals surface area contributed by atoms with E-state index in [-0.39, 0.29) is 25.2 Å². The van der Waals surface area contributed by atoms with Gasteiger partial charge in [0.15, 0.2) is 6.10 Å². The lowest BCUT2D eigenvalue weighted by molar-refractivity contribution is -0.162. The first-order valence-corrected chi connectivity index (χ1v) is 24.1. The third kappa shape index (κ3) is 45.8. The molecule has 0 aliphatic carbocycles. The average Bonchev–Trinajstić information content (AvgIpc) is 3.22. The molecule has 0 aromatic rings. The van der Waals surface area contributed by atoms with Gasteiger partial charge in [-0.25, -0.2) is 0 Å². The van der Waals surface area contributed by atoms with Crippen LogP contribution in [0.15, 0.2) is 85.1 Å². The highest BCUT2D eigenvalue weighted by molar-refractivity contribution is 5.70. The zero-order valence-electron chi connectivity index (χ0n) is 38.0. The van der Waals surface area contributed by atoms with Crippen molar-refractivity contribution in [1.29, 1.82) is 0 Å². The molecule has 0 rings (SSSR count). The Balaban J connectivity index is 4.32. The number of hydrogen-bond acceptors (Lipinski definition) is 5. The topological polar surface area (TPSA) is 61.8 Å². The Bertz CT molecular complexity index is 1090. The summed E-state index contributed by atoms with van der Waals surface area (Å²) in [7, 11) is 0. The molecule has 0 fully saturated rings. The molecule has 0 bridgehead atoms. The van der Waals surface area contributed by atoms with Gasteiger partial charge in [-0.15, -0.1) is 0 Å². The largest absolute Gasteiger partial charge is 0.462 e. The normalized spacial score (nSPS) is 12.9. The molecule has 0 spiro atoms. The van der Waals surface area contributed by atoms with E-state index in [0.29, 0.717) is 25.9 Å². The summed E-state index contributed by atoms with van der Waals surface area (Å²) in [6.07, 6.45) is 63.1. The number of hydrogen-bond donors (Lipinski definition) is 0. The van der Waals surface area contributed by atoms with Crippen LogP contribution in [-0.4, -0.2) is 37.9 Å². The maximum absolute atomic E-state index is 12.7. The van der Waals surface area contributed by atoms with Crippen LogP contribution >= 0.6 is 0 Å². The molecule has 0 saturated heterocycles. The fourth-order valence-electron chi connectivity index (χ4n) is 6.35. The SMILES string of the molecule is CC/C=C\C/C=C\C/C=C\C/C=C\CCC(=O)OC(COCCCCCCCCCCCC)COC(=O)CCCCCCCC/C=C\C/C=C\C/C=C\CCCCC. The highest BCUT2D eigenvalue weighted by atomic mass is 16.6. The summed E-state index contributed by atoms with van der Waals surface area (Å²) in [6, 6.07) is 0. The van der Waals surface area contributed by atoms with Crippen molar-refractivity contribution in [2.75, 3.05) is 19.8 Å². The van der Waals surface area contributed by atoms with Gasteiger partial charge in [-0.05, 0) is 83.5 Å². The monoisotopic (exact) mass is 807 g/mol. The fourth-order valence-corrected chi connectivity index (χ4v) is 6.35. The second kappa shape index (κ2) is 48.4. The number of unbranched alkanes of at least 4 members (excludes halogenated alkanes) is 18. The number of esters is 2. The Kier molecular flexibility index (Phi) is 46.0. The van der Waals surface area contributed by atoms with Gasteiger partial charge in [0.1, 0.15) is 6.61 Å². The fraction of sp³-hybridized carbons (Fsp3) is 0.698. The molecule has 0 saturated carbocycles. The predicted molar refractivity (Wildman–Crippen MR) is 251 cm³/mol. The van der Waals surface area contributed by atoms with E-state index in [0.717, 1.165) is 77.0 Å². The minimum absolute atomic E-state index is 0.0477. The maximum Gasteiger partial charge on any atom is 0.306 e. The summed E-state index contributed by atoms with van der Waals surface area (Å²) < 4.78 is 17.2. The van der Waals surface area contributed by atoms with Crippen LogP contribution in [0.3, 0.4) is 0 Å². The summed E-state index contributed by atoms with van der Waals surface area (Å²) in [6.45, 7) is 7.58. The second-order valence-corrected chi connectivity index (χ2v) is 15.6. The molecule has 0 aliphatic rings. The molecule has 5 nitrogen and oxygen atoms in total. The van der Waals surface area contributed by atoms with Crippen LogP contribution in [0.4, 0.5) is 0 Å². The molecule has 58 heavy (non-hydrogen) atoms. The van der Waals surface area contributed by atoms with Crippen LogP contribution in [0.2, 0.25) is 0 Å². The van der Waals surface area contributed by atoms with Gasteiger partial charge >= 0.3 is 11.9 Å². The highest BCUT2D eigenvalue weighted by Crippen LogP contribution is 2.12. The molecule has 0 aromatic heterocycles. The van der Waals surface area contributed by atoms with Gasteiger partial charge in [-0.3, -0.25) is 9.59 Å². The van der Waals surface area contributed by atoms with Gasteiger partial charge in [-0.2, -0.15) is 0 Å². The number of allylic oxidation sites excluding steroid dienone is 14. The van der Waals surface area contributed by atoms with E-state index in [1.807, 2.05) is 6.08 Å². The van der Waals surface area contributed by atoms with Crippen LogP contribution in [-0.2, 0) is 23.8 Å². The number of carbonyl (C=O) groups is 2. The van der Waals surface area contributed by atoms with Crippen molar-refractivity contribution in [1.82, 2.24) is 0 Å². The molecule has 0 aromatic carbocycles. The minimum Gasteiger partial charge on any atom is -0.462 e. The number of ether oxygens (including phenoxy) is 3. The summed E-state index contributed by atoms with van der Waals surface area (Å²) in [4.78, 5) is 25.3. The number of carbonyl (C=O) groups excluding carboxylic acids is 2. The Morgan fingerprint density at radius 1 is 0.397 bits per heavy atom. The van der Waals surface area contributed by atoms with Crippen LogP contribution in [0.1, 0.15) is 213 Å². The lowest BCUT2D eigenvalue weighted by Crippen LogP contribution is -2.30. The first-order valence-electron chi connectivity index (χ1n) is 24.1. The van der Waals surface area contributed by atoms with Gasteiger partial charge in [0, 0.05) is 19.4 Å². The van der Waals surface area contributed by atoms with E-state index < -0.39 is 6.10 Å². The molecule has 0 radical (unpaired) electrons. The van der Waals surface area contributed by atoms with Crippen LogP contribution in [0.5, 0.6) is 0 Å². The Morgan fingerprint density at radius 2 is 0.810 bits per heavy atom. The van der Waals surface area contributed by atoms with E-state index in [4.69, 9.17) is 14.2 Å². The molecular weight excluding hydrogens is 717 g/mol. The number of rotatable bonds is 43. The highest BCUT2D eigenvalue weighted by Gasteiger charge is 2.17. The van der Waals surface area contributed by atoms with E-state index in [1.165, 1.54) is 96.3 Å². The molecule has 1 atom stereocenters. The van der Waals surface area contributed by atoms with Crippen molar-refractivity contribution in [3.8, 4) is 0 Å². The predicted octanol–water partition coefficient (Wildman–Crippen LogP) is 16.1. The van der Waals surface area contributed by atoms with Crippen molar-refractivity contribution in [2.24, 2.45) is 0 Å². The van der Waals surface area contributed by atoms with E-state index in [2.05, 4.69) is 99.8 Å². The summed E-state index contributed by atoms with van der Waals surface area (Å²) >= 11 is 0. The Morgan fingerprint density at radius 3 is 1.34 bits per heavy atom. The molecule has 0 aliphatic heterocycles. The Labute approximate surface area is 359 Å². The van der Waals surface area contributed by atoms with E-state index >= 15 is 0 Å². The summed E-state index contributed by atoms with van der Waals surface area (Å²) in [5, 5.41) is 0. The van der Waals surface area contributed by atoms with Gasteiger partial charge in [0.25, 0.3) is 0 Å². The third-order valence-corrected chi connectivity index (χ3v) is 9.93. The molecular formula is C53H90O5. The minimum atomic E-state index is -0.579. The molecule has 0 amide bonds. The Hall–Kier alpha value is -2.92. The van der Waals surface area contributed by atoms with Crippen LogP contribution in [0.25, 0.3) is 0 Å². The van der Waals surface area contributed by atoms with Gasteiger partial charge in [0.2, 0.25) is 0 Å². The van der Waals surface area contributed by atoms with Crippen molar-refractivity contribution in [3.05, 3.63) is 85.1 Å². The first-order chi connectivity index (χ1) is 28.6. The average molecular weight is 807 g/mol. The standard InChI is InChI=1S/C53H90O5/c1-4-7-10-13-16-19-22-24-25-26-27-28-29-31-32-34-37-40-43-46-52(54)57-50-51(49-56-48-45-42-39-36-21-18-15-12-9-6-3)58-53(55)47-44-41-38-35-33-30-23-20-17-14-11-8-5-2/h8,11,16-17,19-20,24-25,27-28,30,33,38,41,51H,4-7,9-10,12-15,18,21-23,26,29,31-32,34-37,39-40,42-50H2,1-3H3/b11-8-,19-16-,20-17-,25-24-,28-27-,33-30-,41-38-. The maximum atomic E-state index is 12.7. The van der Waals surface area contributed by atoms with Gasteiger partial charge < -0.3 is 14.2 Å². The molecule has 1 unspecified atom stereocenters. The lowest BCUT2D eigenvalue weighted by Gasteiger charge is -2.18. The van der Waals surface area contributed by atoms with Crippen molar-refractivity contribution >= 4 is 11.9 Å². The van der Waals surface area contributed by atoms with E-state index in [9.17, 15) is 9.59 Å². The van der Waals surface area contributed by atoms with Gasteiger partial charge in [0.05, 0.1) is 6.61 Å². The van der Waals surface area contributed by atoms with Crippen molar-refractivity contribution < 1.29 is 23.8 Å².